The van der Waals surface area contributed by atoms with Crippen molar-refractivity contribution in [1.29, 1.82) is 0 Å². The van der Waals surface area contributed by atoms with Crippen LogP contribution in [0.5, 0.6) is 11.6 Å². The fourth-order valence-electron chi connectivity index (χ4n) is 1.22. The van der Waals surface area contributed by atoms with Gasteiger partial charge in [-0.05, 0) is 18.2 Å². The van der Waals surface area contributed by atoms with Crippen LogP contribution in [0.2, 0.25) is 0 Å². The highest BCUT2D eigenvalue weighted by Gasteiger charge is 2.07. The van der Waals surface area contributed by atoms with Crippen molar-refractivity contribution in [2.24, 2.45) is 5.84 Å². The zero-order valence-electron chi connectivity index (χ0n) is 8.65. The summed E-state index contributed by atoms with van der Waals surface area (Å²) in [6.45, 7) is 0. The highest BCUT2D eigenvalue weighted by atomic mass is 19.1. The van der Waals surface area contributed by atoms with Gasteiger partial charge in [0.05, 0.1) is 0 Å². The summed E-state index contributed by atoms with van der Waals surface area (Å²) in [6.07, 6.45) is 0. The van der Waals surface area contributed by atoms with Gasteiger partial charge in [-0.3, -0.25) is 0 Å². The Bertz CT molecular complexity index is 534. The van der Waals surface area contributed by atoms with Crippen molar-refractivity contribution in [3.05, 3.63) is 48.0 Å². The number of hydrogen-bond donors (Lipinski definition) is 2. The van der Waals surface area contributed by atoms with E-state index in [1.54, 1.807) is 12.1 Å². The number of aromatic nitrogens is 1. The lowest BCUT2D eigenvalue weighted by Gasteiger charge is -2.06. The van der Waals surface area contributed by atoms with Crippen molar-refractivity contribution < 1.29 is 13.5 Å². The molecule has 0 aliphatic rings. The molecule has 2 aromatic rings. The van der Waals surface area contributed by atoms with Crippen LogP contribution in [-0.2, 0) is 0 Å². The number of hydrazine groups is 1. The minimum Gasteiger partial charge on any atom is -0.436 e. The number of nitrogens with two attached hydrogens (primary N) is 1. The molecule has 17 heavy (non-hydrogen) atoms. The van der Waals surface area contributed by atoms with Crippen molar-refractivity contribution in [3.63, 3.8) is 0 Å². The molecule has 0 bridgehead atoms. The van der Waals surface area contributed by atoms with Gasteiger partial charge in [-0.25, -0.2) is 14.6 Å². The van der Waals surface area contributed by atoms with E-state index in [0.717, 1.165) is 12.1 Å². The standard InChI is InChI=1S/C11H9F2N3O/c12-7-4-5-9(8(13)6-7)17-11-3-1-2-10(15-11)16-14/h1-6H,14H2,(H,15,16). The van der Waals surface area contributed by atoms with Crippen molar-refractivity contribution in [2.45, 2.75) is 0 Å². The number of ether oxygens (including phenoxy) is 1. The molecule has 0 saturated heterocycles. The molecule has 1 heterocycles. The molecule has 1 aromatic heterocycles. The molecule has 3 N–H and O–H groups in total. The van der Waals surface area contributed by atoms with E-state index in [0.29, 0.717) is 5.82 Å². The van der Waals surface area contributed by atoms with E-state index in [1.165, 1.54) is 12.1 Å². The van der Waals surface area contributed by atoms with Gasteiger partial charge in [0.2, 0.25) is 5.88 Å². The van der Waals surface area contributed by atoms with E-state index in [4.69, 9.17) is 10.6 Å². The first-order valence-electron chi connectivity index (χ1n) is 4.75. The fraction of sp³-hybridized carbons (Fsp3) is 0. The van der Waals surface area contributed by atoms with Gasteiger partial charge in [-0.2, -0.15) is 4.98 Å². The molecule has 0 amide bonds. The van der Waals surface area contributed by atoms with Gasteiger partial charge in [-0.15, -0.1) is 0 Å². The number of halogens is 2. The number of rotatable bonds is 3. The maximum atomic E-state index is 13.3. The molecule has 0 spiro atoms. The molecule has 6 heteroatoms. The molecular formula is C11H9F2N3O. The summed E-state index contributed by atoms with van der Waals surface area (Å²) in [5.41, 5.74) is 2.33. The summed E-state index contributed by atoms with van der Waals surface area (Å²) in [5, 5.41) is 0. The van der Waals surface area contributed by atoms with Gasteiger partial charge >= 0.3 is 0 Å². The van der Waals surface area contributed by atoms with Crippen LogP contribution in [0.1, 0.15) is 0 Å². The molecule has 2 rings (SSSR count). The highest BCUT2D eigenvalue weighted by molar-refractivity contribution is 5.37. The van der Waals surface area contributed by atoms with Crippen molar-refractivity contribution in [1.82, 2.24) is 4.98 Å². The lowest BCUT2D eigenvalue weighted by molar-refractivity contribution is 0.424. The molecule has 4 nitrogen and oxygen atoms in total. The Labute approximate surface area is 96.0 Å². The number of nitrogen functional groups attached to an aromatic ring is 1. The maximum absolute atomic E-state index is 13.3. The van der Waals surface area contributed by atoms with Crippen LogP contribution in [0, 0.1) is 11.6 Å². The van der Waals surface area contributed by atoms with Crippen molar-refractivity contribution in [3.8, 4) is 11.6 Å². The van der Waals surface area contributed by atoms with Crippen LogP contribution in [0.25, 0.3) is 0 Å². The summed E-state index contributed by atoms with van der Waals surface area (Å²) in [5.74, 6) is 4.14. The number of hydrogen-bond acceptors (Lipinski definition) is 4. The summed E-state index contributed by atoms with van der Waals surface area (Å²) in [4.78, 5) is 3.93. The SMILES string of the molecule is NNc1cccc(Oc2ccc(F)cc2F)n1. The number of nitrogens with one attached hydrogen (secondary N) is 1. The van der Waals surface area contributed by atoms with Crippen molar-refractivity contribution in [2.75, 3.05) is 5.43 Å². The Balaban J connectivity index is 2.25. The number of benzene rings is 1. The number of anilines is 1. The van der Waals surface area contributed by atoms with Gasteiger partial charge in [0.15, 0.2) is 11.6 Å². The quantitative estimate of drug-likeness (QED) is 0.635. The average molecular weight is 237 g/mol. The Kier molecular flexibility index (Phi) is 3.15. The Morgan fingerprint density at radius 3 is 2.71 bits per heavy atom. The zero-order chi connectivity index (χ0) is 12.3. The largest absolute Gasteiger partial charge is 0.436 e. The van der Waals surface area contributed by atoms with E-state index < -0.39 is 11.6 Å². The van der Waals surface area contributed by atoms with Crippen LogP contribution < -0.4 is 16.0 Å². The second kappa shape index (κ2) is 4.75. The van der Waals surface area contributed by atoms with Crippen molar-refractivity contribution >= 4 is 5.82 Å². The summed E-state index contributed by atoms with van der Waals surface area (Å²) in [7, 11) is 0. The monoisotopic (exact) mass is 237 g/mol. The molecule has 0 radical (unpaired) electrons. The normalized spacial score (nSPS) is 10.1. The minimum absolute atomic E-state index is 0.104. The molecule has 1 aromatic carbocycles. The summed E-state index contributed by atoms with van der Waals surface area (Å²) in [6, 6.07) is 7.81. The second-order valence-electron chi connectivity index (χ2n) is 3.18. The predicted molar refractivity (Wildman–Crippen MR) is 58.5 cm³/mol. The molecule has 0 atom stereocenters. The molecule has 0 aliphatic heterocycles. The zero-order valence-corrected chi connectivity index (χ0v) is 8.65. The molecular weight excluding hydrogens is 228 g/mol. The number of nitrogens with zero attached hydrogens (tertiary/aromatic N) is 1. The lowest BCUT2D eigenvalue weighted by atomic mass is 10.3. The van der Waals surface area contributed by atoms with E-state index in [2.05, 4.69) is 10.4 Å². The fourth-order valence-corrected chi connectivity index (χ4v) is 1.22. The average Bonchev–Trinajstić information content (AvgIpc) is 2.33. The predicted octanol–water partition coefficient (Wildman–Crippen LogP) is 2.44. The Morgan fingerprint density at radius 1 is 1.18 bits per heavy atom. The summed E-state index contributed by atoms with van der Waals surface area (Å²) >= 11 is 0. The van der Waals surface area contributed by atoms with E-state index in [1.807, 2.05) is 0 Å². The first-order chi connectivity index (χ1) is 8.19. The molecule has 0 unspecified atom stereocenters. The third kappa shape index (κ3) is 2.67. The molecule has 0 aliphatic carbocycles. The number of pyridine rings is 1. The molecule has 0 saturated carbocycles. The highest BCUT2D eigenvalue weighted by Crippen LogP contribution is 2.24. The topological polar surface area (TPSA) is 60.2 Å². The van der Waals surface area contributed by atoms with Gasteiger partial charge in [0.25, 0.3) is 0 Å². The first-order valence-corrected chi connectivity index (χ1v) is 4.75. The van der Waals surface area contributed by atoms with Crippen LogP contribution in [0.4, 0.5) is 14.6 Å². The maximum Gasteiger partial charge on any atom is 0.221 e. The van der Waals surface area contributed by atoms with Crippen LogP contribution in [0.15, 0.2) is 36.4 Å². The lowest BCUT2D eigenvalue weighted by Crippen LogP contribution is -2.08. The van der Waals surface area contributed by atoms with E-state index in [-0.39, 0.29) is 11.6 Å². The third-order valence-electron chi connectivity index (χ3n) is 1.98. The van der Waals surface area contributed by atoms with Crippen LogP contribution in [-0.4, -0.2) is 4.98 Å². The first kappa shape index (κ1) is 11.3. The second-order valence-corrected chi connectivity index (χ2v) is 3.18. The molecule has 0 fully saturated rings. The molecule has 88 valence electrons. The van der Waals surface area contributed by atoms with Gasteiger partial charge in [0, 0.05) is 12.1 Å². The third-order valence-corrected chi connectivity index (χ3v) is 1.98. The summed E-state index contributed by atoms with van der Waals surface area (Å²) < 4.78 is 31.1. The van der Waals surface area contributed by atoms with Crippen LogP contribution >= 0.6 is 0 Å². The Hall–Kier alpha value is -2.21. The Morgan fingerprint density at radius 2 is 2.00 bits per heavy atom. The smallest absolute Gasteiger partial charge is 0.221 e. The van der Waals surface area contributed by atoms with Gasteiger partial charge in [-0.1, -0.05) is 6.07 Å². The van der Waals surface area contributed by atoms with Crippen LogP contribution in [0.3, 0.4) is 0 Å². The minimum atomic E-state index is -0.794. The van der Waals surface area contributed by atoms with E-state index in [9.17, 15) is 8.78 Å². The van der Waals surface area contributed by atoms with E-state index >= 15 is 0 Å². The van der Waals surface area contributed by atoms with Gasteiger partial charge in [0.1, 0.15) is 11.6 Å². The van der Waals surface area contributed by atoms with Gasteiger partial charge < -0.3 is 10.2 Å².